The molecule has 3 aromatic rings. The van der Waals surface area contributed by atoms with E-state index in [0.717, 1.165) is 5.75 Å². The van der Waals surface area contributed by atoms with Gasteiger partial charge in [-0.1, -0.05) is 31.2 Å². The molecule has 0 radical (unpaired) electrons. The number of nitrogens with one attached hydrogen (secondary N) is 2. The lowest BCUT2D eigenvalue weighted by Gasteiger charge is -2.30. The third kappa shape index (κ3) is 5.36. The Morgan fingerprint density at radius 3 is 2.50 bits per heavy atom. The highest BCUT2D eigenvalue weighted by Gasteiger charge is 2.24. The second kappa shape index (κ2) is 10.6. The first-order chi connectivity index (χ1) is 17.6. The van der Waals surface area contributed by atoms with Gasteiger partial charge in [0.2, 0.25) is 12.7 Å². The van der Waals surface area contributed by atoms with Gasteiger partial charge in [-0.3, -0.25) is 14.5 Å². The van der Waals surface area contributed by atoms with Crippen LogP contribution in [0.5, 0.6) is 23.0 Å². The van der Waals surface area contributed by atoms with Crippen LogP contribution in [0.25, 0.3) is 0 Å². The molecule has 2 aliphatic heterocycles. The Bertz CT molecular complexity index is 1260. The van der Waals surface area contributed by atoms with E-state index in [2.05, 4.69) is 10.6 Å². The van der Waals surface area contributed by atoms with E-state index < -0.39 is 0 Å². The number of hydrogen-bond donors (Lipinski definition) is 2. The van der Waals surface area contributed by atoms with E-state index in [1.54, 1.807) is 42.5 Å². The molecular formula is C27H27N3O6. The molecule has 186 valence electrons. The summed E-state index contributed by atoms with van der Waals surface area (Å²) >= 11 is 0. The van der Waals surface area contributed by atoms with Gasteiger partial charge in [0.1, 0.15) is 12.7 Å². The molecule has 0 spiro atoms. The number of nitrogens with zero attached hydrogens (tertiary/aromatic N) is 1. The summed E-state index contributed by atoms with van der Waals surface area (Å²) in [7, 11) is 0. The fraction of sp³-hybridized carbons (Fsp3) is 0.259. The highest BCUT2D eigenvalue weighted by atomic mass is 16.7. The Hall–Kier alpha value is -4.24. The maximum Gasteiger partial charge on any atom is 0.257 e. The largest absolute Gasteiger partial charge is 0.486 e. The van der Waals surface area contributed by atoms with Crippen molar-refractivity contribution in [2.75, 3.05) is 43.7 Å². The van der Waals surface area contributed by atoms with Gasteiger partial charge in [-0.2, -0.15) is 0 Å². The monoisotopic (exact) mass is 489 g/mol. The van der Waals surface area contributed by atoms with Crippen LogP contribution in [0.2, 0.25) is 0 Å². The zero-order valence-corrected chi connectivity index (χ0v) is 19.9. The van der Waals surface area contributed by atoms with Gasteiger partial charge in [0.05, 0.1) is 17.8 Å². The molecule has 9 nitrogen and oxygen atoms in total. The van der Waals surface area contributed by atoms with Gasteiger partial charge in [0.15, 0.2) is 23.0 Å². The van der Waals surface area contributed by atoms with Crippen molar-refractivity contribution in [2.24, 2.45) is 0 Å². The lowest BCUT2D eigenvalue weighted by molar-refractivity contribution is -0.117. The second-order valence-corrected chi connectivity index (χ2v) is 8.44. The molecule has 3 aromatic carbocycles. The third-order valence-corrected chi connectivity index (χ3v) is 5.92. The van der Waals surface area contributed by atoms with Crippen LogP contribution >= 0.6 is 0 Å². The Labute approximate surface area is 208 Å². The van der Waals surface area contributed by atoms with Crippen LogP contribution in [0, 0.1) is 0 Å². The van der Waals surface area contributed by atoms with E-state index in [-0.39, 0.29) is 31.3 Å². The van der Waals surface area contributed by atoms with Gasteiger partial charge >= 0.3 is 0 Å². The lowest BCUT2D eigenvalue weighted by Crippen LogP contribution is -2.43. The fourth-order valence-corrected chi connectivity index (χ4v) is 4.10. The van der Waals surface area contributed by atoms with Crippen molar-refractivity contribution in [2.45, 2.75) is 13.0 Å². The topological polar surface area (TPSA) is 98.4 Å². The molecule has 0 saturated carbocycles. The number of fused-ring (bicyclic) bond motifs is 2. The van der Waals surface area contributed by atoms with Crippen LogP contribution < -0.4 is 29.6 Å². The second-order valence-electron chi connectivity index (χ2n) is 8.44. The van der Waals surface area contributed by atoms with E-state index >= 15 is 0 Å². The number of likely N-dealkylation sites (N-methyl/N-ethyl adjacent to an activating group) is 1. The molecule has 2 aliphatic rings. The summed E-state index contributed by atoms with van der Waals surface area (Å²) in [5.74, 6) is 2.07. The molecule has 9 heteroatoms. The van der Waals surface area contributed by atoms with Gasteiger partial charge in [-0.25, -0.2) is 0 Å². The number of para-hydroxylation sites is 3. The number of carbonyl (C=O) groups excluding carboxylic acids is 2. The van der Waals surface area contributed by atoms with Crippen molar-refractivity contribution in [1.82, 2.24) is 4.90 Å². The van der Waals surface area contributed by atoms with Gasteiger partial charge in [-0.15, -0.1) is 0 Å². The molecule has 1 unspecified atom stereocenters. The Morgan fingerprint density at radius 2 is 1.64 bits per heavy atom. The highest BCUT2D eigenvalue weighted by Crippen LogP contribution is 2.34. The molecule has 0 aliphatic carbocycles. The summed E-state index contributed by atoms with van der Waals surface area (Å²) in [6.45, 7) is 3.89. The van der Waals surface area contributed by atoms with Crippen LogP contribution in [0.1, 0.15) is 17.3 Å². The maximum absolute atomic E-state index is 13.0. The van der Waals surface area contributed by atoms with E-state index in [1.807, 2.05) is 36.1 Å². The Kier molecular flexibility index (Phi) is 6.90. The van der Waals surface area contributed by atoms with Crippen LogP contribution in [-0.4, -0.2) is 55.9 Å². The summed E-state index contributed by atoms with van der Waals surface area (Å²) in [4.78, 5) is 27.9. The summed E-state index contributed by atoms with van der Waals surface area (Å²) in [6.07, 6.45) is -0.188. The maximum atomic E-state index is 13.0. The molecule has 36 heavy (non-hydrogen) atoms. The van der Waals surface area contributed by atoms with Crippen LogP contribution in [0.3, 0.4) is 0 Å². The number of amides is 2. The smallest absolute Gasteiger partial charge is 0.257 e. The number of anilines is 2. The van der Waals surface area contributed by atoms with E-state index in [1.165, 1.54) is 0 Å². The summed E-state index contributed by atoms with van der Waals surface area (Å²) in [6, 6.07) is 19.6. The van der Waals surface area contributed by atoms with Gasteiger partial charge < -0.3 is 29.6 Å². The fourth-order valence-electron chi connectivity index (χ4n) is 4.10. The van der Waals surface area contributed by atoms with Crippen molar-refractivity contribution in [3.8, 4) is 23.0 Å². The van der Waals surface area contributed by atoms with Crippen LogP contribution in [-0.2, 0) is 4.79 Å². The number of ether oxygens (including phenoxy) is 4. The molecule has 0 saturated heterocycles. The first-order valence-corrected chi connectivity index (χ1v) is 11.8. The summed E-state index contributed by atoms with van der Waals surface area (Å²) in [5, 5.41) is 5.73. The van der Waals surface area contributed by atoms with Gasteiger partial charge in [-0.05, 0) is 42.9 Å². The number of carbonyl (C=O) groups is 2. The summed E-state index contributed by atoms with van der Waals surface area (Å²) < 4.78 is 22.5. The molecule has 2 amide bonds. The molecule has 5 rings (SSSR count). The predicted molar refractivity (Wildman–Crippen MR) is 134 cm³/mol. The minimum absolute atomic E-state index is 0.149. The number of benzene rings is 3. The van der Waals surface area contributed by atoms with Crippen molar-refractivity contribution in [3.63, 3.8) is 0 Å². The number of hydrogen-bond acceptors (Lipinski definition) is 7. The molecule has 0 fully saturated rings. The molecule has 2 N–H and O–H groups in total. The molecule has 0 aromatic heterocycles. The molecular weight excluding hydrogens is 462 g/mol. The van der Waals surface area contributed by atoms with Crippen molar-refractivity contribution >= 4 is 23.2 Å². The minimum atomic E-state index is -0.344. The third-order valence-electron chi connectivity index (χ3n) is 5.92. The zero-order valence-electron chi connectivity index (χ0n) is 19.9. The summed E-state index contributed by atoms with van der Waals surface area (Å²) in [5.41, 5.74) is 1.36. The minimum Gasteiger partial charge on any atom is -0.486 e. The number of rotatable bonds is 8. The van der Waals surface area contributed by atoms with Gasteiger partial charge in [0, 0.05) is 18.3 Å². The van der Waals surface area contributed by atoms with Crippen LogP contribution in [0.15, 0.2) is 66.7 Å². The first kappa shape index (κ1) is 23.5. The molecule has 0 bridgehead atoms. The standard InChI is InChI=1S/C27H27N3O6/c1-2-30(14-19-16-33-22-9-5-6-10-24(22)36-19)15-26(31)29-21-8-4-3-7-20(21)27(32)28-18-11-12-23-25(13-18)35-17-34-23/h3-13,19H,2,14-17H2,1H3,(H,28,32)(H,29,31). The molecule has 2 heterocycles. The van der Waals surface area contributed by atoms with E-state index in [9.17, 15) is 9.59 Å². The first-order valence-electron chi connectivity index (χ1n) is 11.8. The molecule has 1 atom stereocenters. The predicted octanol–water partition coefficient (Wildman–Crippen LogP) is 3.77. The van der Waals surface area contributed by atoms with Crippen molar-refractivity contribution < 1.29 is 28.5 Å². The van der Waals surface area contributed by atoms with Crippen LogP contribution in [0.4, 0.5) is 11.4 Å². The lowest BCUT2D eigenvalue weighted by atomic mass is 10.1. The Morgan fingerprint density at radius 1 is 0.889 bits per heavy atom. The van der Waals surface area contributed by atoms with E-state index in [0.29, 0.717) is 53.9 Å². The average molecular weight is 490 g/mol. The normalized spacial score (nSPS) is 15.4. The average Bonchev–Trinajstić information content (AvgIpc) is 3.36. The van der Waals surface area contributed by atoms with Crippen molar-refractivity contribution in [3.05, 3.63) is 72.3 Å². The van der Waals surface area contributed by atoms with Gasteiger partial charge in [0.25, 0.3) is 5.91 Å². The van der Waals surface area contributed by atoms with E-state index in [4.69, 9.17) is 18.9 Å². The quantitative estimate of drug-likeness (QED) is 0.497. The Balaban J connectivity index is 1.19. The highest BCUT2D eigenvalue weighted by molar-refractivity contribution is 6.10. The zero-order chi connectivity index (χ0) is 24.9. The SMILES string of the molecule is CCN(CC(=O)Nc1ccccc1C(=O)Nc1ccc2c(c1)OCO2)CC1COc2ccccc2O1. The van der Waals surface area contributed by atoms with Crippen molar-refractivity contribution in [1.29, 1.82) is 0 Å².